The molecule has 2 unspecified atom stereocenters. The molecule has 2 rings (SSSR count). The molecule has 1 aliphatic heterocycles. The van der Waals surface area contributed by atoms with Gasteiger partial charge in [0.2, 0.25) is 0 Å². The molecule has 0 aromatic heterocycles. The molecule has 2 atom stereocenters. The number of alkyl halides is 1. The van der Waals surface area contributed by atoms with Gasteiger partial charge in [0.15, 0.2) is 12.0 Å². The summed E-state index contributed by atoms with van der Waals surface area (Å²) in [7, 11) is 1.41. The number of carbonyl (C=O) groups excluding carboxylic acids is 1. The summed E-state index contributed by atoms with van der Waals surface area (Å²) in [5, 5.41) is 9.95. The largest absolute Gasteiger partial charge is 0.498 e. The van der Waals surface area contributed by atoms with Crippen molar-refractivity contribution in [2.45, 2.75) is 25.7 Å². The van der Waals surface area contributed by atoms with Gasteiger partial charge < -0.3 is 14.7 Å². The van der Waals surface area contributed by atoms with E-state index in [9.17, 15) is 14.3 Å². The highest BCUT2D eigenvalue weighted by Gasteiger charge is 2.25. The van der Waals surface area contributed by atoms with E-state index in [0.29, 0.717) is 5.57 Å². The molecule has 0 spiro atoms. The van der Waals surface area contributed by atoms with Crippen molar-refractivity contribution >= 4 is 5.78 Å². The smallest absolute Gasteiger partial charge is 0.178 e. The molecule has 0 aromatic carbocycles. The maximum absolute atomic E-state index is 13.7. The van der Waals surface area contributed by atoms with Crippen LogP contribution in [-0.4, -0.2) is 41.8 Å². The molecule has 1 heterocycles. The van der Waals surface area contributed by atoms with Crippen molar-refractivity contribution in [3.05, 3.63) is 47.4 Å². The fraction of sp³-hybridized carbons (Fsp3) is 0.400. The number of methoxy groups -OCH3 is 1. The summed E-state index contributed by atoms with van der Waals surface area (Å²) in [5.74, 6) is 0.0377. The molecule has 5 heteroatoms. The maximum atomic E-state index is 13.7. The van der Waals surface area contributed by atoms with Crippen LogP contribution in [0.25, 0.3) is 0 Å². The Kier molecular flexibility index (Phi) is 4.39. The Morgan fingerprint density at radius 3 is 2.90 bits per heavy atom. The molecule has 20 heavy (non-hydrogen) atoms. The molecule has 1 N–H and O–H groups in total. The average molecular weight is 279 g/mol. The first kappa shape index (κ1) is 14.5. The third kappa shape index (κ3) is 2.99. The standard InChI is InChI=1S/C15H18FNO3/c1-10-4-3-7-17(15(10)19)9-13(18)11-5-6-14(20-2)12(16)8-11/h3-7,12,15,19H,8-9H2,1-2H3. The summed E-state index contributed by atoms with van der Waals surface area (Å²) in [5.41, 5.74) is 1.17. The van der Waals surface area contributed by atoms with Crippen molar-refractivity contribution < 1.29 is 19.0 Å². The number of Topliss-reactive ketones (excluding diaryl/α,β-unsaturated/α-hetero) is 1. The van der Waals surface area contributed by atoms with Gasteiger partial charge in [-0.2, -0.15) is 0 Å². The highest BCUT2D eigenvalue weighted by atomic mass is 19.1. The summed E-state index contributed by atoms with van der Waals surface area (Å²) in [6.07, 6.45) is 6.20. The first-order valence-electron chi connectivity index (χ1n) is 6.43. The number of nitrogens with zero attached hydrogens (tertiary/aromatic N) is 1. The summed E-state index contributed by atoms with van der Waals surface area (Å²) in [4.78, 5) is 13.7. The van der Waals surface area contributed by atoms with Crippen LogP contribution < -0.4 is 0 Å². The maximum Gasteiger partial charge on any atom is 0.178 e. The Morgan fingerprint density at radius 1 is 1.50 bits per heavy atom. The van der Waals surface area contributed by atoms with Gasteiger partial charge in [-0.1, -0.05) is 12.2 Å². The van der Waals surface area contributed by atoms with E-state index in [1.54, 1.807) is 31.4 Å². The third-order valence-electron chi connectivity index (χ3n) is 3.43. The molecule has 0 amide bonds. The predicted octanol–water partition coefficient (Wildman–Crippen LogP) is 1.85. The number of aliphatic hydroxyl groups excluding tert-OH is 1. The number of allylic oxidation sites excluding steroid dienone is 5. The van der Waals surface area contributed by atoms with Gasteiger partial charge >= 0.3 is 0 Å². The molecule has 0 bridgehead atoms. The Morgan fingerprint density at radius 2 is 2.25 bits per heavy atom. The number of halogens is 1. The van der Waals surface area contributed by atoms with Crippen LogP contribution in [0.15, 0.2) is 47.4 Å². The quantitative estimate of drug-likeness (QED) is 0.853. The van der Waals surface area contributed by atoms with Crippen LogP contribution in [0.3, 0.4) is 0 Å². The molecule has 0 radical (unpaired) electrons. The van der Waals surface area contributed by atoms with Crippen molar-refractivity contribution in [3.63, 3.8) is 0 Å². The zero-order chi connectivity index (χ0) is 14.7. The lowest BCUT2D eigenvalue weighted by atomic mass is 9.98. The van der Waals surface area contributed by atoms with E-state index in [-0.39, 0.29) is 24.5 Å². The lowest BCUT2D eigenvalue weighted by Gasteiger charge is -2.29. The van der Waals surface area contributed by atoms with Crippen LogP contribution in [0.4, 0.5) is 4.39 Å². The second-order valence-corrected chi connectivity index (χ2v) is 4.86. The van der Waals surface area contributed by atoms with Crippen LogP contribution in [0.2, 0.25) is 0 Å². The van der Waals surface area contributed by atoms with Crippen LogP contribution in [0.5, 0.6) is 0 Å². The summed E-state index contributed by atoms with van der Waals surface area (Å²) in [6, 6.07) is 0. The summed E-state index contributed by atoms with van der Waals surface area (Å²) in [6.45, 7) is 1.81. The van der Waals surface area contributed by atoms with E-state index in [0.717, 1.165) is 5.57 Å². The molecule has 1 aliphatic carbocycles. The first-order chi connectivity index (χ1) is 9.52. The number of ketones is 1. The van der Waals surface area contributed by atoms with Crippen LogP contribution in [0.1, 0.15) is 13.3 Å². The third-order valence-corrected chi connectivity index (χ3v) is 3.43. The van der Waals surface area contributed by atoms with E-state index in [4.69, 9.17) is 4.74 Å². The van der Waals surface area contributed by atoms with E-state index >= 15 is 0 Å². The summed E-state index contributed by atoms with van der Waals surface area (Å²) >= 11 is 0. The van der Waals surface area contributed by atoms with Gasteiger partial charge in [-0.05, 0) is 24.6 Å². The highest BCUT2D eigenvalue weighted by molar-refractivity contribution is 5.97. The zero-order valence-electron chi connectivity index (χ0n) is 11.5. The fourth-order valence-electron chi connectivity index (χ4n) is 2.19. The average Bonchev–Trinajstić information content (AvgIpc) is 2.43. The van der Waals surface area contributed by atoms with Crippen molar-refractivity contribution in [2.75, 3.05) is 13.7 Å². The number of hydrogen-bond donors (Lipinski definition) is 1. The van der Waals surface area contributed by atoms with Gasteiger partial charge in [0, 0.05) is 18.2 Å². The molecular weight excluding hydrogens is 261 g/mol. The van der Waals surface area contributed by atoms with E-state index in [1.807, 2.05) is 0 Å². The van der Waals surface area contributed by atoms with Crippen LogP contribution in [0, 0.1) is 0 Å². The molecule has 0 saturated carbocycles. The van der Waals surface area contributed by atoms with Gasteiger partial charge in [0.1, 0.15) is 12.0 Å². The molecule has 4 nitrogen and oxygen atoms in total. The lowest BCUT2D eigenvalue weighted by molar-refractivity contribution is -0.118. The van der Waals surface area contributed by atoms with Gasteiger partial charge in [0.05, 0.1) is 13.7 Å². The lowest BCUT2D eigenvalue weighted by Crippen LogP contribution is -2.37. The van der Waals surface area contributed by atoms with Gasteiger partial charge in [-0.3, -0.25) is 4.79 Å². The monoisotopic (exact) mass is 279 g/mol. The zero-order valence-corrected chi connectivity index (χ0v) is 11.5. The Hall–Kier alpha value is -1.88. The van der Waals surface area contributed by atoms with E-state index < -0.39 is 12.4 Å². The van der Waals surface area contributed by atoms with E-state index in [1.165, 1.54) is 18.1 Å². The SMILES string of the molecule is COC1=CC=C(C(=O)CN2C=CC=C(C)C2O)CC1F. The van der Waals surface area contributed by atoms with Gasteiger partial charge in [0.25, 0.3) is 0 Å². The minimum absolute atomic E-state index is 0.0149. The van der Waals surface area contributed by atoms with Gasteiger partial charge in [-0.25, -0.2) is 4.39 Å². The van der Waals surface area contributed by atoms with Crippen LogP contribution in [-0.2, 0) is 9.53 Å². The van der Waals surface area contributed by atoms with Crippen molar-refractivity contribution in [1.29, 1.82) is 0 Å². The minimum Gasteiger partial charge on any atom is -0.498 e. The predicted molar refractivity (Wildman–Crippen MR) is 73.3 cm³/mol. The molecule has 2 aliphatic rings. The number of aliphatic hydroxyl groups is 1. The second-order valence-electron chi connectivity index (χ2n) is 4.86. The number of hydrogen-bond acceptors (Lipinski definition) is 4. The first-order valence-corrected chi connectivity index (χ1v) is 6.43. The van der Waals surface area contributed by atoms with Gasteiger partial charge in [-0.15, -0.1) is 0 Å². The molecular formula is C15H18FNO3. The number of ether oxygens (including phenoxy) is 1. The minimum atomic E-state index is -1.28. The normalized spacial score (nSPS) is 25.8. The molecule has 108 valence electrons. The Bertz CT molecular complexity index is 519. The van der Waals surface area contributed by atoms with Crippen molar-refractivity contribution in [3.8, 4) is 0 Å². The fourth-order valence-corrected chi connectivity index (χ4v) is 2.19. The molecule has 0 saturated heterocycles. The Labute approximate surface area is 117 Å². The number of carbonyl (C=O) groups is 1. The van der Waals surface area contributed by atoms with Crippen LogP contribution >= 0.6 is 0 Å². The van der Waals surface area contributed by atoms with Crippen molar-refractivity contribution in [1.82, 2.24) is 4.90 Å². The number of rotatable bonds is 4. The Balaban J connectivity index is 2.03. The van der Waals surface area contributed by atoms with Crippen molar-refractivity contribution in [2.24, 2.45) is 0 Å². The topological polar surface area (TPSA) is 49.8 Å². The van der Waals surface area contributed by atoms with E-state index in [2.05, 4.69) is 0 Å². The highest BCUT2D eigenvalue weighted by Crippen LogP contribution is 2.24. The molecule has 0 aromatic rings. The molecule has 0 fully saturated rings. The summed E-state index contributed by atoms with van der Waals surface area (Å²) < 4.78 is 18.6. The second kappa shape index (κ2) is 6.05.